The standard InChI is InChI=1S/C19H16BrCl/c1-13-16(10-5-11-18(13)20)19(21)12-15-8-4-7-14-6-2-3-9-17(14)15/h2-11,19H,12H2,1H3. The zero-order valence-corrected chi connectivity index (χ0v) is 14.2. The van der Waals surface area contributed by atoms with E-state index in [9.17, 15) is 0 Å². The second-order valence-corrected chi connectivity index (χ2v) is 6.65. The first-order valence-electron chi connectivity index (χ1n) is 7.02. The summed E-state index contributed by atoms with van der Waals surface area (Å²) in [6.07, 6.45) is 0.834. The molecule has 0 aliphatic carbocycles. The van der Waals surface area contributed by atoms with Gasteiger partial charge in [-0.1, -0.05) is 70.5 Å². The summed E-state index contributed by atoms with van der Waals surface area (Å²) in [5.41, 5.74) is 3.71. The minimum Gasteiger partial charge on any atom is -0.117 e. The lowest BCUT2D eigenvalue weighted by Gasteiger charge is -2.15. The van der Waals surface area contributed by atoms with Gasteiger partial charge in [0.15, 0.2) is 0 Å². The Labute approximate surface area is 138 Å². The Hall–Kier alpha value is -1.31. The molecule has 106 valence electrons. The summed E-state index contributed by atoms with van der Waals surface area (Å²) in [7, 11) is 0. The molecule has 1 unspecified atom stereocenters. The Balaban J connectivity index is 1.97. The molecular weight excluding hydrogens is 344 g/mol. The van der Waals surface area contributed by atoms with Crippen molar-refractivity contribution in [3.05, 3.63) is 81.8 Å². The van der Waals surface area contributed by atoms with Crippen LogP contribution in [0.1, 0.15) is 22.1 Å². The van der Waals surface area contributed by atoms with Gasteiger partial charge in [-0.25, -0.2) is 0 Å². The monoisotopic (exact) mass is 358 g/mol. The van der Waals surface area contributed by atoms with Crippen molar-refractivity contribution >= 4 is 38.3 Å². The van der Waals surface area contributed by atoms with E-state index < -0.39 is 0 Å². The predicted molar refractivity (Wildman–Crippen MR) is 95.1 cm³/mol. The lowest BCUT2D eigenvalue weighted by Crippen LogP contribution is -1.99. The van der Waals surface area contributed by atoms with Crippen LogP contribution in [0, 0.1) is 6.92 Å². The highest BCUT2D eigenvalue weighted by molar-refractivity contribution is 9.10. The zero-order chi connectivity index (χ0) is 14.8. The predicted octanol–water partition coefficient (Wildman–Crippen LogP) is 6.43. The molecule has 0 spiro atoms. The van der Waals surface area contributed by atoms with Gasteiger partial charge >= 0.3 is 0 Å². The van der Waals surface area contributed by atoms with Crippen LogP contribution in [-0.2, 0) is 6.42 Å². The Morgan fingerprint density at radius 3 is 2.52 bits per heavy atom. The highest BCUT2D eigenvalue weighted by Gasteiger charge is 2.14. The topological polar surface area (TPSA) is 0 Å². The maximum atomic E-state index is 6.70. The molecule has 3 rings (SSSR count). The first-order valence-corrected chi connectivity index (χ1v) is 8.25. The van der Waals surface area contributed by atoms with Crippen LogP contribution in [0.2, 0.25) is 0 Å². The molecule has 1 atom stereocenters. The first kappa shape index (κ1) is 14.6. The first-order chi connectivity index (χ1) is 10.2. The van der Waals surface area contributed by atoms with E-state index in [1.54, 1.807) is 0 Å². The lowest BCUT2D eigenvalue weighted by molar-refractivity contribution is 0.915. The Kier molecular flexibility index (Phi) is 4.32. The van der Waals surface area contributed by atoms with E-state index in [2.05, 4.69) is 77.5 Å². The third-order valence-electron chi connectivity index (χ3n) is 3.93. The van der Waals surface area contributed by atoms with Crippen LogP contribution < -0.4 is 0 Å². The highest BCUT2D eigenvalue weighted by Crippen LogP contribution is 2.32. The van der Waals surface area contributed by atoms with E-state index in [0.717, 1.165) is 10.9 Å². The van der Waals surface area contributed by atoms with Gasteiger partial charge in [-0.2, -0.15) is 0 Å². The van der Waals surface area contributed by atoms with Crippen molar-refractivity contribution < 1.29 is 0 Å². The molecule has 0 aromatic heterocycles. The molecular formula is C19H16BrCl. The van der Waals surface area contributed by atoms with E-state index in [1.165, 1.54) is 27.5 Å². The fourth-order valence-corrected chi connectivity index (χ4v) is 3.52. The second-order valence-electron chi connectivity index (χ2n) is 5.26. The summed E-state index contributed by atoms with van der Waals surface area (Å²) in [4.78, 5) is 0. The summed E-state index contributed by atoms with van der Waals surface area (Å²) in [6.45, 7) is 2.11. The normalized spacial score (nSPS) is 12.5. The number of fused-ring (bicyclic) bond motifs is 1. The maximum absolute atomic E-state index is 6.70. The van der Waals surface area contributed by atoms with Crippen LogP contribution in [0.5, 0.6) is 0 Å². The van der Waals surface area contributed by atoms with Crippen LogP contribution >= 0.6 is 27.5 Å². The third kappa shape index (κ3) is 3.00. The van der Waals surface area contributed by atoms with Crippen LogP contribution in [0.3, 0.4) is 0 Å². The molecule has 0 aliphatic heterocycles. The summed E-state index contributed by atoms with van der Waals surface area (Å²) >= 11 is 10.3. The molecule has 0 saturated carbocycles. The smallest absolute Gasteiger partial charge is 0.0628 e. The minimum absolute atomic E-state index is 0.0201. The van der Waals surface area contributed by atoms with Crippen molar-refractivity contribution in [2.45, 2.75) is 18.7 Å². The maximum Gasteiger partial charge on any atom is 0.0628 e. The molecule has 0 heterocycles. The van der Waals surface area contributed by atoms with Gasteiger partial charge in [0, 0.05) is 4.47 Å². The van der Waals surface area contributed by atoms with Crippen molar-refractivity contribution in [3.8, 4) is 0 Å². The summed E-state index contributed by atoms with van der Waals surface area (Å²) < 4.78 is 1.11. The van der Waals surface area contributed by atoms with Gasteiger partial charge in [0.05, 0.1) is 5.38 Å². The van der Waals surface area contributed by atoms with Crippen molar-refractivity contribution in [3.63, 3.8) is 0 Å². The molecule has 3 aromatic carbocycles. The number of halogens is 2. The van der Waals surface area contributed by atoms with Crippen LogP contribution in [0.4, 0.5) is 0 Å². The highest BCUT2D eigenvalue weighted by atomic mass is 79.9. The fraction of sp³-hybridized carbons (Fsp3) is 0.158. The van der Waals surface area contributed by atoms with E-state index in [-0.39, 0.29) is 5.38 Å². The molecule has 0 aliphatic rings. The molecule has 0 amide bonds. The molecule has 0 saturated heterocycles. The number of hydrogen-bond acceptors (Lipinski definition) is 0. The molecule has 21 heavy (non-hydrogen) atoms. The number of benzene rings is 3. The van der Waals surface area contributed by atoms with Crippen molar-refractivity contribution in [1.29, 1.82) is 0 Å². The van der Waals surface area contributed by atoms with Crippen molar-refractivity contribution in [2.24, 2.45) is 0 Å². The molecule has 0 bridgehead atoms. The van der Waals surface area contributed by atoms with E-state index >= 15 is 0 Å². The van der Waals surface area contributed by atoms with Gasteiger partial charge in [-0.3, -0.25) is 0 Å². The minimum atomic E-state index is -0.0201. The molecule has 3 aromatic rings. The van der Waals surface area contributed by atoms with Crippen LogP contribution in [0.25, 0.3) is 10.8 Å². The van der Waals surface area contributed by atoms with Gasteiger partial charge < -0.3 is 0 Å². The SMILES string of the molecule is Cc1c(Br)cccc1C(Cl)Cc1cccc2ccccc12. The molecule has 0 fully saturated rings. The van der Waals surface area contributed by atoms with Gasteiger partial charge in [0.2, 0.25) is 0 Å². The third-order valence-corrected chi connectivity index (χ3v) is 5.17. The van der Waals surface area contributed by atoms with Gasteiger partial charge in [-0.15, -0.1) is 11.6 Å². The number of alkyl halides is 1. The van der Waals surface area contributed by atoms with E-state index in [1.807, 2.05) is 6.07 Å². The van der Waals surface area contributed by atoms with E-state index in [0.29, 0.717) is 0 Å². The number of hydrogen-bond donors (Lipinski definition) is 0. The fourth-order valence-electron chi connectivity index (χ4n) is 2.74. The zero-order valence-electron chi connectivity index (χ0n) is 11.8. The molecule has 2 heteroatoms. The molecule has 0 N–H and O–H groups in total. The Bertz CT molecular complexity index is 774. The quantitative estimate of drug-likeness (QED) is 0.472. The summed E-state index contributed by atoms with van der Waals surface area (Å²) in [5.74, 6) is 0. The van der Waals surface area contributed by atoms with Crippen LogP contribution in [0.15, 0.2) is 65.1 Å². The van der Waals surface area contributed by atoms with Crippen molar-refractivity contribution in [1.82, 2.24) is 0 Å². The van der Waals surface area contributed by atoms with Gasteiger partial charge in [0.1, 0.15) is 0 Å². The van der Waals surface area contributed by atoms with E-state index in [4.69, 9.17) is 11.6 Å². The van der Waals surface area contributed by atoms with Crippen molar-refractivity contribution in [2.75, 3.05) is 0 Å². The Morgan fingerprint density at radius 2 is 1.67 bits per heavy atom. The molecule has 0 radical (unpaired) electrons. The Morgan fingerprint density at radius 1 is 0.952 bits per heavy atom. The average molecular weight is 360 g/mol. The average Bonchev–Trinajstić information content (AvgIpc) is 2.50. The summed E-state index contributed by atoms with van der Waals surface area (Å²) in [5, 5.41) is 2.54. The van der Waals surface area contributed by atoms with Gasteiger partial charge in [0.25, 0.3) is 0 Å². The lowest BCUT2D eigenvalue weighted by atomic mass is 9.96. The summed E-state index contributed by atoms with van der Waals surface area (Å²) in [6, 6.07) is 21.1. The largest absolute Gasteiger partial charge is 0.117 e. The second kappa shape index (κ2) is 6.21. The number of rotatable bonds is 3. The molecule has 0 nitrogen and oxygen atoms in total. The van der Waals surface area contributed by atoms with Crippen LogP contribution in [-0.4, -0.2) is 0 Å². The van der Waals surface area contributed by atoms with Gasteiger partial charge in [-0.05, 0) is 46.9 Å².